The molecule has 0 saturated carbocycles. The van der Waals surface area contributed by atoms with Gasteiger partial charge in [-0.2, -0.15) is 5.10 Å². The molecule has 1 saturated heterocycles. The maximum atomic E-state index is 12.6. The quantitative estimate of drug-likeness (QED) is 0.731. The lowest BCUT2D eigenvalue weighted by Crippen LogP contribution is -2.33. The summed E-state index contributed by atoms with van der Waals surface area (Å²) in [5, 5.41) is 7.52. The highest BCUT2D eigenvalue weighted by molar-refractivity contribution is 5.92. The van der Waals surface area contributed by atoms with Crippen LogP contribution in [-0.2, 0) is 11.3 Å². The minimum Gasteiger partial charge on any atom is -0.492 e. The third-order valence-electron chi connectivity index (χ3n) is 5.88. The van der Waals surface area contributed by atoms with Crippen molar-refractivity contribution in [1.82, 2.24) is 14.7 Å². The standard InChI is InChI=1S/C23H34N4O2/c1-17(16-27-20(4)18(2)19(3)25-27)23(28)24-21-8-10-22(11-9-21)29-15-14-26-12-6-5-7-13-26/h8-11,17H,5-7,12-16H2,1-4H3,(H,24,28)/t17-/m0/s1. The fraction of sp³-hybridized carbons (Fsp3) is 0.565. The lowest BCUT2D eigenvalue weighted by molar-refractivity contribution is -0.119. The number of carbonyl (C=O) groups excluding carboxylic acids is 1. The zero-order valence-electron chi connectivity index (χ0n) is 18.2. The van der Waals surface area contributed by atoms with Gasteiger partial charge < -0.3 is 10.1 Å². The predicted octanol–water partition coefficient (Wildman–Crippen LogP) is 3.95. The second kappa shape index (κ2) is 9.92. The van der Waals surface area contributed by atoms with E-state index in [9.17, 15) is 4.79 Å². The van der Waals surface area contributed by atoms with Crippen molar-refractivity contribution >= 4 is 11.6 Å². The van der Waals surface area contributed by atoms with Crippen molar-refractivity contribution in [1.29, 1.82) is 0 Å². The van der Waals surface area contributed by atoms with E-state index in [-0.39, 0.29) is 11.8 Å². The van der Waals surface area contributed by atoms with Gasteiger partial charge in [0.15, 0.2) is 0 Å². The predicted molar refractivity (Wildman–Crippen MR) is 116 cm³/mol. The van der Waals surface area contributed by atoms with E-state index in [1.54, 1.807) is 0 Å². The Hall–Kier alpha value is -2.34. The Morgan fingerprint density at radius 3 is 2.45 bits per heavy atom. The van der Waals surface area contributed by atoms with E-state index in [1.807, 2.05) is 49.7 Å². The van der Waals surface area contributed by atoms with Crippen LogP contribution in [0.4, 0.5) is 5.69 Å². The summed E-state index contributed by atoms with van der Waals surface area (Å²) in [6.07, 6.45) is 3.95. The average molecular weight is 399 g/mol. The molecule has 0 bridgehead atoms. The Balaban J connectivity index is 1.45. The summed E-state index contributed by atoms with van der Waals surface area (Å²) in [7, 11) is 0. The van der Waals surface area contributed by atoms with Crippen molar-refractivity contribution in [2.24, 2.45) is 5.92 Å². The summed E-state index contributed by atoms with van der Waals surface area (Å²) in [6.45, 7) is 12.7. The number of benzene rings is 1. The molecule has 3 rings (SSSR count). The fourth-order valence-corrected chi connectivity index (χ4v) is 3.68. The van der Waals surface area contributed by atoms with Gasteiger partial charge >= 0.3 is 0 Å². The number of nitrogens with one attached hydrogen (secondary N) is 1. The molecule has 1 fully saturated rings. The molecule has 0 aliphatic carbocycles. The van der Waals surface area contributed by atoms with Crippen LogP contribution < -0.4 is 10.1 Å². The van der Waals surface area contributed by atoms with Crippen LogP contribution in [0.2, 0.25) is 0 Å². The molecule has 1 N–H and O–H groups in total. The Morgan fingerprint density at radius 1 is 1.14 bits per heavy atom. The molecule has 1 aromatic carbocycles. The smallest absolute Gasteiger partial charge is 0.229 e. The summed E-state index contributed by atoms with van der Waals surface area (Å²) in [5.74, 6) is 0.660. The normalized spacial score (nSPS) is 15.9. The molecule has 1 aromatic heterocycles. The third-order valence-corrected chi connectivity index (χ3v) is 5.88. The zero-order chi connectivity index (χ0) is 20.8. The number of aryl methyl sites for hydroxylation is 1. The van der Waals surface area contributed by atoms with Crippen LogP contribution in [0, 0.1) is 26.7 Å². The molecular weight excluding hydrogens is 364 g/mol. The number of hydrogen-bond acceptors (Lipinski definition) is 4. The van der Waals surface area contributed by atoms with Crippen LogP contribution in [0.25, 0.3) is 0 Å². The first-order valence-corrected chi connectivity index (χ1v) is 10.7. The second-order valence-corrected chi connectivity index (χ2v) is 8.14. The number of carbonyl (C=O) groups is 1. The molecule has 1 aliphatic rings. The number of piperidine rings is 1. The summed E-state index contributed by atoms with van der Waals surface area (Å²) < 4.78 is 7.78. The van der Waals surface area contributed by atoms with Gasteiger partial charge in [0.25, 0.3) is 0 Å². The first kappa shape index (κ1) is 21.4. The number of ether oxygens (including phenoxy) is 1. The van der Waals surface area contributed by atoms with E-state index in [0.29, 0.717) is 13.2 Å². The van der Waals surface area contributed by atoms with E-state index < -0.39 is 0 Å². The first-order chi connectivity index (χ1) is 13.9. The Bertz CT molecular complexity index is 807. The van der Waals surface area contributed by atoms with Gasteiger partial charge in [0.2, 0.25) is 5.91 Å². The van der Waals surface area contributed by atoms with E-state index in [0.717, 1.165) is 29.4 Å². The molecule has 158 valence electrons. The van der Waals surface area contributed by atoms with Crippen molar-refractivity contribution in [2.75, 3.05) is 31.6 Å². The minimum absolute atomic E-state index is 0.00558. The molecular formula is C23H34N4O2. The van der Waals surface area contributed by atoms with Crippen molar-refractivity contribution < 1.29 is 9.53 Å². The van der Waals surface area contributed by atoms with Gasteiger partial charge in [-0.15, -0.1) is 0 Å². The van der Waals surface area contributed by atoms with Crippen LogP contribution in [0.15, 0.2) is 24.3 Å². The van der Waals surface area contributed by atoms with Gasteiger partial charge in [-0.25, -0.2) is 0 Å². The van der Waals surface area contributed by atoms with Crippen LogP contribution in [0.3, 0.4) is 0 Å². The molecule has 0 radical (unpaired) electrons. The van der Waals surface area contributed by atoms with Crippen LogP contribution >= 0.6 is 0 Å². The number of hydrogen-bond donors (Lipinski definition) is 1. The third kappa shape index (κ3) is 5.82. The SMILES string of the molecule is Cc1nn(C[C@H](C)C(=O)Nc2ccc(OCCN3CCCCC3)cc2)c(C)c1C. The molecule has 1 atom stereocenters. The minimum atomic E-state index is -0.173. The Morgan fingerprint density at radius 2 is 1.83 bits per heavy atom. The zero-order valence-corrected chi connectivity index (χ0v) is 18.2. The molecule has 1 amide bonds. The van der Waals surface area contributed by atoms with Crippen LogP contribution in [-0.4, -0.2) is 46.8 Å². The van der Waals surface area contributed by atoms with Crippen molar-refractivity contribution in [3.63, 3.8) is 0 Å². The molecule has 6 nitrogen and oxygen atoms in total. The molecule has 0 unspecified atom stereocenters. The van der Waals surface area contributed by atoms with Crippen LogP contribution in [0.1, 0.15) is 43.1 Å². The van der Waals surface area contributed by atoms with Gasteiger partial charge in [-0.05, 0) is 76.5 Å². The largest absolute Gasteiger partial charge is 0.492 e. The van der Waals surface area contributed by atoms with E-state index in [2.05, 4.69) is 22.2 Å². The highest BCUT2D eigenvalue weighted by atomic mass is 16.5. The van der Waals surface area contributed by atoms with E-state index >= 15 is 0 Å². The topological polar surface area (TPSA) is 59.4 Å². The number of aromatic nitrogens is 2. The lowest BCUT2D eigenvalue weighted by atomic mass is 10.1. The summed E-state index contributed by atoms with van der Waals surface area (Å²) in [5.41, 5.74) is 4.11. The maximum Gasteiger partial charge on any atom is 0.229 e. The van der Waals surface area contributed by atoms with Crippen molar-refractivity contribution in [3.8, 4) is 5.75 Å². The van der Waals surface area contributed by atoms with Gasteiger partial charge in [-0.3, -0.25) is 14.4 Å². The lowest BCUT2D eigenvalue weighted by Gasteiger charge is -2.26. The van der Waals surface area contributed by atoms with Gasteiger partial charge in [0, 0.05) is 17.9 Å². The maximum absolute atomic E-state index is 12.6. The first-order valence-electron chi connectivity index (χ1n) is 10.7. The Kier molecular flexibility index (Phi) is 7.31. The van der Waals surface area contributed by atoms with Gasteiger partial charge in [-0.1, -0.05) is 13.3 Å². The Labute approximate surface area is 174 Å². The molecule has 0 spiro atoms. The highest BCUT2D eigenvalue weighted by Crippen LogP contribution is 2.18. The van der Waals surface area contributed by atoms with Crippen molar-refractivity contribution in [2.45, 2.75) is 53.5 Å². The number of amides is 1. The van der Waals surface area contributed by atoms with Crippen LogP contribution in [0.5, 0.6) is 5.75 Å². The van der Waals surface area contributed by atoms with E-state index in [4.69, 9.17) is 4.74 Å². The summed E-state index contributed by atoms with van der Waals surface area (Å²) in [6, 6.07) is 7.63. The molecule has 29 heavy (non-hydrogen) atoms. The highest BCUT2D eigenvalue weighted by Gasteiger charge is 2.17. The van der Waals surface area contributed by atoms with Gasteiger partial charge in [0.05, 0.1) is 18.2 Å². The number of anilines is 1. The average Bonchev–Trinajstić information content (AvgIpc) is 2.96. The second-order valence-electron chi connectivity index (χ2n) is 8.14. The molecule has 2 heterocycles. The molecule has 2 aromatic rings. The summed E-state index contributed by atoms with van der Waals surface area (Å²) >= 11 is 0. The molecule has 6 heteroatoms. The van der Waals surface area contributed by atoms with E-state index in [1.165, 1.54) is 37.9 Å². The summed E-state index contributed by atoms with van der Waals surface area (Å²) in [4.78, 5) is 15.0. The number of nitrogens with zero attached hydrogens (tertiary/aromatic N) is 3. The molecule has 1 aliphatic heterocycles. The fourth-order valence-electron chi connectivity index (χ4n) is 3.68. The number of likely N-dealkylation sites (tertiary alicyclic amines) is 1. The van der Waals surface area contributed by atoms with Gasteiger partial charge in [0.1, 0.15) is 12.4 Å². The van der Waals surface area contributed by atoms with Crippen molar-refractivity contribution in [3.05, 3.63) is 41.2 Å². The number of rotatable bonds is 8. The monoisotopic (exact) mass is 398 g/mol.